The zero-order valence-corrected chi connectivity index (χ0v) is 16.2. The minimum absolute atomic E-state index is 0.0954. The van der Waals surface area contributed by atoms with Gasteiger partial charge >= 0.3 is 0 Å². The average Bonchev–Trinajstić information content (AvgIpc) is 2.68. The first-order valence-corrected chi connectivity index (χ1v) is 10.7. The number of fused-ring (bicyclic) bond motifs is 1. The number of benzene rings is 2. The Balaban J connectivity index is 1.49. The molecule has 2 aromatic carbocycles. The van der Waals surface area contributed by atoms with Gasteiger partial charge in [0.15, 0.2) is 0 Å². The van der Waals surface area contributed by atoms with E-state index in [0.717, 1.165) is 37.2 Å². The molecule has 0 amide bonds. The summed E-state index contributed by atoms with van der Waals surface area (Å²) in [5, 5.41) is 0. The molecule has 0 aliphatic carbocycles. The molecule has 1 atom stereocenters. The van der Waals surface area contributed by atoms with Gasteiger partial charge in [0.2, 0.25) is 0 Å². The van der Waals surface area contributed by atoms with Crippen LogP contribution in [0.15, 0.2) is 59.5 Å². The van der Waals surface area contributed by atoms with Gasteiger partial charge < -0.3 is 9.64 Å². The molecule has 2 aliphatic heterocycles. The van der Waals surface area contributed by atoms with Gasteiger partial charge in [0.25, 0.3) is 10.0 Å². The summed E-state index contributed by atoms with van der Waals surface area (Å²) in [5.74, 6) is 1.34. The van der Waals surface area contributed by atoms with Crippen LogP contribution in [0.1, 0.15) is 18.4 Å². The molecule has 1 saturated heterocycles. The average molecular weight is 385 g/mol. The number of piperidine rings is 1. The van der Waals surface area contributed by atoms with Crippen LogP contribution < -0.4 is 9.46 Å². The Bertz CT molecular complexity index is 933. The Morgan fingerprint density at radius 1 is 1.07 bits per heavy atom. The second-order valence-corrected chi connectivity index (χ2v) is 8.94. The van der Waals surface area contributed by atoms with Crippen LogP contribution in [-0.2, 0) is 10.0 Å². The van der Waals surface area contributed by atoms with Gasteiger partial charge in [-0.1, -0.05) is 24.3 Å². The fraction of sp³-hybridized carbons (Fsp3) is 0.333. The molecule has 1 N–H and O–H groups in total. The summed E-state index contributed by atoms with van der Waals surface area (Å²) in [6, 6.07) is 13.8. The predicted molar refractivity (Wildman–Crippen MR) is 107 cm³/mol. The molecule has 27 heavy (non-hydrogen) atoms. The van der Waals surface area contributed by atoms with Gasteiger partial charge in [-0.15, -0.1) is 0 Å². The summed E-state index contributed by atoms with van der Waals surface area (Å²) < 4.78 is 33.8. The largest absolute Gasteiger partial charge is 0.485 e. The molecule has 0 spiro atoms. The van der Waals surface area contributed by atoms with Crippen LogP contribution in [0.25, 0.3) is 6.08 Å². The highest BCUT2D eigenvalue weighted by Gasteiger charge is 2.27. The summed E-state index contributed by atoms with van der Waals surface area (Å²) in [5.41, 5.74) is 1.43. The second-order valence-electron chi connectivity index (χ2n) is 7.25. The van der Waals surface area contributed by atoms with E-state index in [4.69, 9.17) is 4.74 Å². The summed E-state index contributed by atoms with van der Waals surface area (Å²) >= 11 is 0. The summed E-state index contributed by atoms with van der Waals surface area (Å²) in [6.45, 7) is 2.21. The molecule has 0 radical (unpaired) electrons. The topological polar surface area (TPSA) is 58.6 Å². The quantitative estimate of drug-likeness (QED) is 0.875. The standard InChI is InChI=1S/C21H24N2O3S/c1-23-13-11-16(12-14-23)20-9-7-17-15-18(8-10-21(17)26-20)22-27(24,25)19-5-3-2-4-6-19/h2-10,15-16,20,22H,11-14H2,1H3. The number of anilines is 1. The third-order valence-corrected chi connectivity index (χ3v) is 6.67. The fourth-order valence-electron chi connectivity index (χ4n) is 3.66. The van der Waals surface area contributed by atoms with Crippen molar-refractivity contribution in [3.05, 3.63) is 60.2 Å². The van der Waals surface area contributed by atoms with Gasteiger partial charge in [0.05, 0.1) is 4.90 Å². The van der Waals surface area contributed by atoms with Crippen LogP contribution in [-0.4, -0.2) is 39.6 Å². The Labute approximate surface area is 160 Å². The predicted octanol–water partition coefficient (Wildman–Crippen LogP) is 3.60. The highest BCUT2D eigenvalue weighted by Crippen LogP contribution is 2.33. The number of likely N-dealkylation sites (tertiary alicyclic amines) is 1. The van der Waals surface area contributed by atoms with Gasteiger partial charge in [-0.3, -0.25) is 4.72 Å². The minimum Gasteiger partial charge on any atom is -0.485 e. The van der Waals surface area contributed by atoms with E-state index >= 15 is 0 Å². The van der Waals surface area contributed by atoms with E-state index in [1.165, 1.54) is 0 Å². The van der Waals surface area contributed by atoms with Gasteiger partial charge in [-0.05, 0) is 69.4 Å². The molecular formula is C21H24N2O3S. The van der Waals surface area contributed by atoms with Crippen LogP contribution in [0.2, 0.25) is 0 Å². The fourth-order valence-corrected chi connectivity index (χ4v) is 4.73. The summed E-state index contributed by atoms with van der Waals surface area (Å²) in [6.07, 6.45) is 6.51. The first-order valence-electron chi connectivity index (χ1n) is 9.26. The third-order valence-electron chi connectivity index (χ3n) is 5.27. The van der Waals surface area contributed by atoms with E-state index in [9.17, 15) is 8.42 Å². The summed E-state index contributed by atoms with van der Waals surface area (Å²) in [4.78, 5) is 2.60. The van der Waals surface area contributed by atoms with Crippen LogP contribution >= 0.6 is 0 Å². The minimum atomic E-state index is -3.59. The maximum absolute atomic E-state index is 12.5. The van der Waals surface area contributed by atoms with Crippen LogP contribution in [0.3, 0.4) is 0 Å². The zero-order chi connectivity index (χ0) is 18.9. The molecule has 0 saturated carbocycles. The van der Waals surface area contributed by atoms with Crippen molar-refractivity contribution in [2.75, 3.05) is 24.9 Å². The number of rotatable bonds is 4. The lowest BCUT2D eigenvalue weighted by atomic mass is 9.89. The molecule has 2 heterocycles. The number of hydrogen-bond acceptors (Lipinski definition) is 4. The highest BCUT2D eigenvalue weighted by atomic mass is 32.2. The van der Waals surface area contributed by atoms with Crippen molar-refractivity contribution in [1.82, 2.24) is 4.90 Å². The van der Waals surface area contributed by atoms with Gasteiger partial charge in [0.1, 0.15) is 11.9 Å². The van der Waals surface area contributed by atoms with Crippen molar-refractivity contribution in [3.8, 4) is 5.75 Å². The summed E-state index contributed by atoms with van der Waals surface area (Å²) in [7, 11) is -1.44. The van der Waals surface area contributed by atoms with Crippen molar-refractivity contribution >= 4 is 21.8 Å². The maximum Gasteiger partial charge on any atom is 0.261 e. The third kappa shape index (κ3) is 4.01. The monoisotopic (exact) mass is 384 g/mol. The van der Waals surface area contributed by atoms with E-state index < -0.39 is 10.0 Å². The first kappa shape index (κ1) is 18.1. The first-order chi connectivity index (χ1) is 13.0. The van der Waals surface area contributed by atoms with Crippen molar-refractivity contribution in [2.24, 2.45) is 5.92 Å². The highest BCUT2D eigenvalue weighted by molar-refractivity contribution is 7.92. The van der Waals surface area contributed by atoms with Gasteiger partial charge in [-0.25, -0.2) is 8.42 Å². The lowest BCUT2D eigenvalue weighted by Crippen LogP contribution is -2.37. The van der Waals surface area contributed by atoms with Crippen molar-refractivity contribution in [3.63, 3.8) is 0 Å². The van der Waals surface area contributed by atoms with E-state index in [-0.39, 0.29) is 11.0 Å². The van der Waals surface area contributed by atoms with E-state index in [0.29, 0.717) is 11.6 Å². The number of nitrogens with zero attached hydrogens (tertiary/aromatic N) is 1. The molecular weight excluding hydrogens is 360 g/mol. The van der Waals surface area contributed by atoms with Crippen molar-refractivity contribution < 1.29 is 13.2 Å². The lowest BCUT2D eigenvalue weighted by molar-refractivity contribution is 0.114. The molecule has 5 nitrogen and oxygen atoms in total. The number of hydrogen-bond donors (Lipinski definition) is 1. The van der Waals surface area contributed by atoms with Gasteiger partial charge in [0, 0.05) is 17.2 Å². The zero-order valence-electron chi connectivity index (χ0n) is 15.3. The molecule has 6 heteroatoms. The Morgan fingerprint density at radius 3 is 2.56 bits per heavy atom. The smallest absolute Gasteiger partial charge is 0.261 e. The Hall–Kier alpha value is -2.31. The SMILES string of the molecule is CN1CCC(C2C=Cc3cc(NS(=O)(=O)c4ccccc4)ccc3O2)CC1. The molecule has 1 fully saturated rings. The Kier molecular flexibility index (Phi) is 4.93. The maximum atomic E-state index is 12.5. The van der Waals surface area contributed by atoms with Crippen molar-refractivity contribution in [1.29, 1.82) is 0 Å². The molecule has 2 aromatic rings. The normalized spacial score (nSPS) is 20.7. The number of sulfonamides is 1. The number of ether oxygens (including phenoxy) is 1. The van der Waals surface area contributed by atoms with Crippen LogP contribution in [0.5, 0.6) is 5.75 Å². The molecule has 0 bridgehead atoms. The molecule has 0 aromatic heterocycles. The van der Waals surface area contributed by atoms with Crippen LogP contribution in [0.4, 0.5) is 5.69 Å². The molecule has 4 rings (SSSR count). The molecule has 1 unspecified atom stereocenters. The van der Waals surface area contributed by atoms with E-state index in [1.54, 1.807) is 36.4 Å². The van der Waals surface area contributed by atoms with Crippen LogP contribution in [0, 0.1) is 5.92 Å². The molecule has 142 valence electrons. The lowest BCUT2D eigenvalue weighted by Gasteiger charge is -2.34. The van der Waals surface area contributed by atoms with Crippen molar-refractivity contribution in [2.45, 2.75) is 23.8 Å². The van der Waals surface area contributed by atoms with E-state index in [1.807, 2.05) is 18.2 Å². The number of nitrogens with one attached hydrogen (secondary N) is 1. The molecule has 2 aliphatic rings. The second kappa shape index (κ2) is 7.37. The van der Waals surface area contributed by atoms with E-state index in [2.05, 4.69) is 22.7 Å². The van der Waals surface area contributed by atoms with Gasteiger partial charge in [-0.2, -0.15) is 0 Å². The Morgan fingerprint density at radius 2 is 1.81 bits per heavy atom.